The standard InChI is InChI=1S/C19H20Cl2N4O4.ClH/c20-14-9-16-17(10-15(14)21)25(18(22)28,19(29)23-16)13-3-1-12(2-4-13)11-24(5-7-26)6-8-27;/h1-4,9-10,26-27H,5-8,11H2,(H2-,22,23,28,29);1H/p+1. The zero-order valence-corrected chi connectivity index (χ0v) is 18.2. The number of aliphatic imine (C=N–C) groups is 1. The van der Waals surface area contributed by atoms with Crippen molar-refractivity contribution in [2.24, 2.45) is 10.7 Å². The topological polar surface area (TPSA) is 119 Å². The molecule has 0 aliphatic carbocycles. The number of primary amides is 1. The molecule has 0 saturated carbocycles. The number of quaternary nitrogens is 1. The number of hydrogen-bond donors (Lipinski definition) is 4. The van der Waals surface area contributed by atoms with E-state index in [1.54, 1.807) is 24.3 Å². The van der Waals surface area contributed by atoms with E-state index in [1.807, 2.05) is 4.90 Å². The summed E-state index contributed by atoms with van der Waals surface area (Å²) in [5, 5.41) is 29.3. The maximum atomic E-state index is 12.5. The molecule has 11 heteroatoms. The van der Waals surface area contributed by atoms with E-state index in [2.05, 4.69) is 4.99 Å². The molecule has 0 spiro atoms. The van der Waals surface area contributed by atoms with Crippen LogP contribution in [0.5, 0.6) is 0 Å². The highest BCUT2D eigenvalue weighted by Gasteiger charge is 2.53. The molecule has 2 aromatic rings. The van der Waals surface area contributed by atoms with Gasteiger partial charge in [0, 0.05) is 37.8 Å². The summed E-state index contributed by atoms with van der Waals surface area (Å²) in [5.74, 6) is 0. The number of aliphatic hydroxyl groups is 3. The highest BCUT2D eigenvalue weighted by atomic mass is 35.5. The van der Waals surface area contributed by atoms with Crippen LogP contribution in [0.4, 0.5) is 21.9 Å². The Morgan fingerprint density at radius 3 is 2.17 bits per heavy atom. The quantitative estimate of drug-likeness (QED) is 0.456. The van der Waals surface area contributed by atoms with Gasteiger partial charge in [-0.3, -0.25) is 4.90 Å². The summed E-state index contributed by atoms with van der Waals surface area (Å²) in [6.45, 7) is 1.29. The van der Waals surface area contributed by atoms with E-state index in [0.717, 1.165) is 5.56 Å². The van der Waals surface area contributed by atoms with E-state index in [0.29, 0.717) is 36.7 Å². The fraction of sp³-hybridized carbons (Fsp3) is 0.263. The number of amides is 2. The molecule has 1 aliphatic rings. The first-order chi connectivity index (χ1) is 13.8. The van der Waals surface area contributed by atoms with Crippen molar-refractivity contribution in [2.75, 3.05) is 26.3 Å². The van der Waals surface area contributed by atoms with Gasteiger partial charge in [-0.05, 0) is 11.6 Å². The molecule has 2 amide bonds. The van der Waals surface area contributed by atoms with Crippen LogP contribution in [0.3, 0.4) is 0 Å². The highest BCUT2D eigenvalue weighted by molar-refractivity contribution is 6.42. The van der Waals surface area contributed by atoms with Crippen molar-refractivity contribution >= 4 is 64.7 Å². The summed E-state index contributed by atoms with van der Waals surface area (Å²) in [6, 6.07) is 8.48. The maximum Gasteiger partial charge on any atom is 0.433 e. The predicted octanol–water partition coefficient (Wildman–Crippen LogP) is 3.48. The molecule has 1 atom stereocenters. The van der Waals surface area contributed by atoms with E-state index >= 15 is 0 Å². The van der Waals surface area contributed by atoms with Crippen LogP contribution in [0.25, 0.3) is 0 Å². The van der Waals surface area contributed by atoms with E-state index in [-0.39, 0.29) is 35.7 Å². The minimum Gasteiger partial charge on any atom is -0.451 e. The number of amidine groups is 1. The Morgan fingerprint density at radius 2 is 1.63 bits per heavy atom. The zero-order chi connectivity index (χ0) is 21.2. The lowest BCUT2D eigenvalue weighted by atomic mass is 10.1. The van der Waals surface area contributed by atoms with Gasteiger partial charge in [0.15, 0.2) is 11.4 Å². The average Bonchev–Trinajstić information content (AvgIpc) is 2.95. The Kier molecular flexibility index (Phi) is 8.06. The Balaban J connectivity index is 0.00000320. The molecular weight excluding hydrogens is 455 g/mol. The number of nitrogens with zero attached hydrogens (tertiary/aromatic N) is 3. The Bertz CT molecular complexity index is 950. The summed E-state index contributed by atoms with van der Waals surface area (Å²) in [7, 11) is 0. The first-order valence-electron chi connectivity index (χ1n) is 8.85. The van der Waals surface area contributed by atoms with Crippen molar-refractivity contribution in [3.05, 3.63) is 52.0 Å². The molecule has 1 unspecified atom stereocenters. The minimum atomic E-state index is -0.849. The third-order valence-electron chi connectivity index (χ3n) is 4.79. The molecule has 0 aromatic heterocycles. The molecule has 3 rings (SSSR count). The lowest BCUT2D eigenvalue weighted by Crippen LogP contribution is -2.55. The molecule has 0 bridgehead atoms. The van der Waals surface area contributed by atoms with Crippen molar-refractivity contribution < 1.29 is 20.1 Å². The molecule has 0 saturated heterocycles. The van der Waals surface area contributed by atoms with Crippen molar-refractivity contribution in [3.8, 4) is 0 Å². The van der Waals surface area contributed by atoms with Gasteiger partial charge < -0.3 is 21.1 Å². The smallest absolute Gasteiger partial charge is 0.433 e. The molecule has 8 nitrogen and oxygen atoms in total. The summed E-state index contributed by atoms with van der Waals surface area (Å²) >= 11 is 12.2. The second-order valence-electron chi connectivity index (χ2n) is 6.57. The first-order valence-corrected chi connectivity index (χ1v) is 9.60. The van der Waals surface area contributed by atoms with Crippen molar-refractivity contribution in [1.29, 1.82) is 0 Å². The lowest BCUT2D eigenvalue weighted by molar-refractivity contribution is 0.156. The van der Waals surface area contributed by atoms with Gasteiger partial charge in [0.1, 0.15) is 5.69 Å². The SMILES string of the molecule is Cl.NC(=O)[N+]1(c2ccc(CN(CCO)CCO)cc2)C(O)=Nc2cc(Cl)c(Cl)cc21. The van der Waals surface area contributed by atoms with E-state index < -0.39 is 16.5 Å². The Labute approximate surface area is 189 Å². The molecule has 0 radical (unpaired) electrons. The number of rotatable bonds is 7. The van der Waals surface area contributed by atoms with E-state index in [4.69, 9.17) is 39.1 Å². The fourth-order valence-electron chi connectivity index (χ4n) is 3.41. The van der Waals surface area contributed by atoms with Crippen LogP contribution in [0, 0.1) is 0 Å². The molecule has 5 N–H and O–H groups in total. The number of carbonyl (C=O) groups is 1. The van der Waals surface area contributed by atoms with Crippen LogP contribution in [0.15, 0.2) is 41.4 Å². The van der Waals surface area contributed by atoms with Gasteiger partial charge in [0.2, 0.25) is 0 Å². The van der Waals surface area contributed by atoms with E-state index in [9.17, 15) is 9.90 Å². The number of hydrogen-bond acceptors (Lipinski definition) is 5. The molecule has 2 aromatic carbocycles. The van der Waals surface area contributed by atoms with Gasteiger partial charge in [-0.2, -0.15) is 4.99 Å². The van der Waals surface area contributed by atoms with Crippen LogP contribution in [0.2, 0.25) is 10.0 Å². The van der Waals surface area contributed by atoms with Gasteiger partial charge in [-0.15, -0.1) is 12.4 Å². The lowest BCUT2D eigenvalue weighted by Gasteiger charge is -2.27. The Hall–Kier alpha value is -1.91. The number of benzene rings is 2. The second-order valence-corrected chi connectivity index (χ2v) is 7.38. The molecular formula is C19H22Cl3N4O4+. The minimum absolute atomic E-state index is 0. The van der Waals surface area contributed by atoms with E-state index in [1.165, 1.54) is 12.1 Å². The Morgan fingerprint density at radius 1 is 1.07 bits per heavy atom. The van der Waals surface area contributed by atoms with Gasteiger partial charge >= 0.3 is 12.1 Å². The van der Waals surface area contributed by atoms with Gasteiger partial charge in [-0.25, -0.2) is 4.79 Å². The number of carbonyl (C=O) groups excluding carboxylic acids is 1. The van der Waals surface area contributed by atoms with Crippen LogP contribution in [-0.2, 0) is 6.54 Å². The monoisotopic (exact) mass is 475 g/mol. The summed E-state index contributed by atoms with van der Waals surface area (Å²) in [5.41, 5.74) is 7.59. The maximum absolute atomic E-state index is 12.5. The first kappa shape index (κ1) is 24.4. The highest BCUT2D eigenvalue weighted by Crippen LogP contribution is 2.49. The van der Waals surface area contributed by atoms with Crippen LogP contribution in [-0.4, -0.2) is 58.6 Å². The second kappa shape index (κ2) is 9.93. The van der Waals surface area contributed by atoms with Gasteiger partial charge in [-0.1, -0.05) is 39.8 Å². The fourth-order valence-corrected chi connectivity index (χ4v) is 3.73. The largest absolute Gasteiger partial charge is 0.451 e. The van der Waals surface area contributed by atoms with Crippen LogP contribution in [0.1, 0.15) is 5.56 Å². The summed E-state index contributed by atoms with van der Waals surface area (Å²) < 4.78 is -0.802. The third kappa shape index (κ3) is 4.26. The number of urea groups is 1. The van der Waals surface area contributed by atoms with Crippen molar-refractivity contribution in [2.45, 2.75) is 6.54 Å². The van der Waals surface area contributed by atoms with Crippen molar-refractivity contribution in [3.63, 3.8) is 0 Å². The third-order valence-corrected chi connectivity index (χ3v) is 5.51. The predicted molar refractivity (Wildman–Crippen MR) is 120 cm³/mol. The number of fused-ring (bicyclic) bond motifs is 1. The van der Waals surface area contributed by atoms with Gasteiger partial charge in [0.05, 0.1) is 23.3 Å². The molecule has 1 heterocycles. The molecule has 162 valence electrons. The number of halogens is 3. The number of aliphatic hydroxyl groups excluding tert-OH is 3. The summed E-state index contributed by atoms with van der Waals surface area (Å²) in [4.78, 5) is 18.5. The molecule has 1 aliphatic heterocycles. The van der Waals surface area contributed by atoms with Crippen LogP contribution >= 0.6 is 35.6 Å². The zero-order valence-electron chi connectivity index (χ0n) is 15.8. The van der Waals surface area contributed by atoms with Crippen molar-refractivity contribution in [1.82, 2.24) is 9.38 Å². The molecule has 30 heavy (non-hydrogen) atoms. The van der Waals surface area contributed by atoms with Crippen LogP contribution < -0.4 is 10.2 Å². The normalized spacial score (nSPS) is 17.4. The van der Waals surface area contributed by atoms with Gasteiger partial charge in [0.25, 0.3) is 0 Å². The summed E-state index contributed by atoms with van der Waals surface area (Å²) in [6.07, 6.45) is 0. The number of nitrogens with two attached hydrogens (primary N) is 1. The molecule has 0 fully saturated rings. The average molecular weight is 477 g/mol.